The molecule has 40 heavy (non-hydrogen) atoms. The lowest BCUT2D eigenvalue weighted by Crippen LogP contribution is -2.34. The number of hydrogen-bond donors (Lipinski definition) is 2. The molecule has 0 saturated carbocycles. The number of benzene rings is 4. The molecule has 0 fully saturated rings. The van der Waals surface area contributed by atoms with Crippen molar-refractivity contribution in [3.8, 4) is 16.9 Å². The third kappa shape index (κ3) is 6.49. The Kier molecular flexibility index (Phi) is 8.40. The largest absolute Gasteiger partial charge is 0.347 e. The molecule has 0 saturated heterocycles. The molecular weight excluding hydrogens is 543 g/mol. The van der Waals surface area contributed by atoms with E-state index in [2.05, 4.69) is 10.6 Å². The van der Waals surface area contributed by atoms with Crippen LogP contribution in [0, 0.1) is 0 Å². The molecule has 2 N–H and O–H groups in total. The first-order valence-electron chi connectivity index (χ1n) is 12.5. The van der Waals surface area contributed by atoms with Crippen LogP contribution in [-0.2, 0) is 11.3 Å². The average Bonchev–Trinajstić information content (AvgIpc) is 3.41. The summed E-state index contributed by atoms with van der Waals surface area (Å²) in [4.78, 5) is 26.7. The summed E-state index contributed by atoms with van der Waals surface area (Å²) in [5, 5.41) is 11.0. The summed E-state index contributed by atoms with van der Waals surface area (Å²) in [5.41, 5.74) is 4.15. The van der Waals surface area contributed by atoms with Gasteiger partial charge in [0.25, 0.3) is 11.8 Å². The fourth-order valence-electron chi connectivity index (χ4n) is 4.08. The molecule has 4 aromatic carbocycles. The van der Waals surface area contributed by atoms with Crippen molar-refractivity contribution >= 4 is 41.1 Å². The van der Waals surface area contributed by atoms with Gasteiger partial charge in [0.15, 0.2) is 0 Å². The Bertz CT molecular complexity index is 1670. The van der Waals surface area contributed by atoms with Crippen molar-refractivity contribution in [3.05, 3.63) is 148 Å². The normalized spacial score (nSPS) is 11.2. The molecule has 0 aliphatic carbocycles. The highest BCUT2D eigenvalue weighted by atomic mass is 35.5. The molecule has 1 heterocycles. The van der Waals surface area contributed by atoms with Crippen LogP contribution < -0.4 is 10.6 Å². The lowest BCUT2D eigenvalue weighted by Gasteiger charge is -2.12. The van der Waals surface area contributed by atoms with Crippen molar-refractivity contribution in [1.29, 1.82) is 0 Å². The Morgan fingerprint density at radius 3 is 2.15 bits per heavy atom. The van der Waals surface area contributed by atoms with E-state index in [-0.39, 0.29) is 22.8 Å². The summed E-state index contributed by atoms with van der Waals surface area (Å²) in [7, 11) is 0. The third-order valence-corrected chi connectivity index (χ3v) is 6.62. The molecule has 0 aliphatic heterocycles. The fourth-order valence-corrected chi connectivity index (χ4v) is 4.57. The molecule has 0 bridgehead atoms. The summed E-state index contributed by atoms with van der Waals surface area (Å²) in [5.74, 6) is -1.01. The van der Waals surface area contributed by atoms with Crippen LogP contribution in [0.15, 0.2) is 121 Å². The van der Waals surface area contributed by atoms with E-state index < -0.39 is 11.8 Å². The maximum Gasteiger partial charge on any atom is 0.268 e. The monoisotopic (exact) mass is 566 g/mol. The van der Waals surface area contributed by atoms with Gasteiger partial charge in [-0.1, -0.05) is 102 Å². The Morgan fingerprint density at radius 2 is 1.48 bits per heavy atom. The van der Waals surface area contributed by atoms with Gasteiger partial charge in [0.05, 0.1) is 16.3 Å². The number of nitrogens with one attached hydrogen (secondary N) is 2. The second-order valence-corrected chi connectivity index (χ2v) is 9.73. The number of carbonyl (C=O) groups excluding carboxylic acids is 2. The van der Waals surface area contributed by atoms with Gasteiger partial charge in [0, 0.05) is 28.9 Å². The van der Waals surface area contributed by atoms with Crippen molar-refractivity contribution in [3.63, 3.8) is 0 Å². The SMILES string of the molecule is O=C(NCc1ccccc1)/C(=C/c1cn(-c2ccccc2)nc1-c1ccccc1)NC(=O)c1ccc(Cl)cc1Cl. The number of para-hydroxylation sites is 1. The molecule has 8 heteroatoms. The van der Waals surface area contributed by atoms with Crippen LogP contribution in [-0.4, -0.2) is 21.6 Å². The number of nitrogens with zero attached hydrogens (tertiary/aromatic N) is 2. The maximum absolute atomic E-state index is 13.5. The second-order valence-electron chi connectivity index (χ2n) is 8.88. The first-order chi connectivity index (χ1) is 19.5. The smallest absolute Gasteiger partial charge is 0.268 e. The molecule has 198 valence electrons. The number of rotatable bonds is 8. The van der Waals surface area contributed by atoms with E-state index >= 15 is 0 Å². The topological polar surface area (TPSA) is 76.0 Å². The number of halogens is 2. The molecule has 1 aromatic heterocycles. The van der Waals surface area contributed by atoms with Crippen molar-refractivity contribution in [2.45, 2.75) is 6.54 Å². The van der Waals surface area contributed by atoms with Crippen molar-refractivity contribution < 1.29 is 9.59 Å². The Labute approximate surface area is 241 Å². The van der Waals surface area contributed by atoms with Gasteiger partial charge in [0.2, 0.25) is 0 Å². The number of amides is 2. The van der Waals surface area contributed by atoms with Gasteiger partial charge in [-0.15, -0.1) is 0 Å². The standard InChI is InChI=1S/C32H24Cl2N4O2/c33-25-16-17-27(28(34)19-25)31(39)36-29(32(40)35-20-22-10-4-1-5-11-22)18-24-21-38(26-14-8-3-9-15-26)37-30(24)23-12-6-2-7-13-23/h1-19,21H,20H2,(H,35,40)(H,36,39)/b29-18-. The van der Waals surface area contributed by atoms with Crippen molar-refractivity contribution in [2.24, 2.45) is 0 Å². The summed E-state index contributed by atoms with van der Waals surface area (Å²) in [6.45, 7) is 0.281. The van der Waals surface area contributed by atoms with Gasteiger partial charge in [-0.05, 0) is 42.0 Å². The number of carbonyl (C=O) groups is 2. The molecule has 0 radical (unpaired) electrons. The number of hydrogen-bond acceptors (Lipinski definition) is 3. The highest BCUT2D eigenvalue weighted by molar-refractivity contribution is 6.36. The maximum atomic E-state index is 13.5. The Balaban J connectivity index is 1.55. The summed E-state index contributed by atoms with van der Waals surface area (Å²) in [6.07, 6.45) is 3.44. The molecule has 2 amide bonds. The summed E-state index contributed by atoms with van der Waals surface area (Å²) < 4.78 is 1.74. The minimum Gasteiger partial charge on any atom is -0.347 e. The van der Waals surface area contributed by atoms with Gasteiger partial charge in [0.1, 0.15) is 11.4 Å². The van der Waals surface area contributed by atoms with E-state index in [4.69, 9.17) is 28.3 Å². The third-order valence-electron chi connectivity index (χ3n) is 6.07. The lowest BCUT2D eigenvalue weighted by atomic mass is 10.1. The zero-order valence-electron chi connectivity index (χ0n) is 21.2. The van der Waals surface area contributed by atoms with E-state index in [1.165, 1.54) is 12.1 Å². The van der Waals surface area contributed by atoms with Gasteiger partial charge < -0.3 is 10.6 Å². The van der Waals surface area contributed by atoms with Crippen molar-refractivity contribution in [2.75, 3.05) is 0 Å². The van der Waals surface area contributed by atoms with Crippen LogP contribution in [0.2, 0.25) is 10.0 Å². The summed E-state index contributed by atoms with van der Waals surface area (Å²) in [6, 6.07) is 33.4. The van der Waals surface area contributed by atoms with E-state index in [1.54, 1.807) is 16.8 Å². The second kappa shape index (κ2) is 12.5. The molecule has 6 nitrogen and oxygen atoms in total. The first-order valence-corrected chi connectivity index (χ1v) is 13.2. The minimum atomic E-state index is -0.542. The minimum absolute atomic E-state index is 0.0386. The zero-order chi connectivity index (χ0) is 27.9. The van der Waals surface area contributed by atoms with E-state index in [0.717, 1.165) is 16.8 Å². The van der Waals surface area contributed by atoms with Crippen LogP contribution in [0.1, 0.15) is 21.5 Å². The van der Waals surface area contributed by atoms with Gasteiger partial charge in [-0.2, -0.15) is 5.10 Å². The highest BCUT2D eigenvalue weighted by Crippen LogP contribution is 2.26. The molecular formula is C32H24Cl2N4O2. The molecule has 0 aliphatic rings. The Hall–Kier alpha value is -4.65. The van der Waals surface area contributed by atoms with E-state index in [9.17, 15) is 9.59 Å². The van der Waals surface area contributed by atoms with Crippen molar-refractivity contribution in [1.82, 2.24) is 20.4 Å². The van der Waals surface area contributed by atoms with E-state index in [1.807, 2.05) is 97.2 Å². The molecule has 0 spiro atoms. The van der Waals surface area contributed by atoms with Gasteiger partial charge in [-0.3, -0.25) is 9.59 Å². The Morgan fingerprint density at radius 1 is 0.825 bits per heavy atom. The highest BCUT2D eigenvalue weighted by Gasteiger charge is 2.19. The number of aromatic nitrogens is 2. The predicted octanol–water partition coefficient (Wildman–Crippen LogP) is 6.93. The molecule has 0 unspecified atom stereocenters. The zero-order valence-corrected chi connectivity index (χ0v) is 22.7. The van der Waals surface area contributed by atoms with Crippen LogP contribution in [0.25, 0.3) is 23.0 Å². The predicted molar refractivity (Wildman–Crippen MR) is 159 cm³/mol. The van der Waals surface area contributed by atoms with Crippen LogP contribution in [0.5, 0.6) is 0 Å². The van der Waals surface area contributed by atoms with Gasteiger partial charge >= 0.3 is 0 Å². The summed E-state index contributed by atoms with van der Waals surface area (Å²) >= 11 is 12.3. The van der Waals surface area contributed by atoms with Crippen LogP contribution >= 0.6 is 23.2 Å². The first kappa shape index (κ1) is 26.9. The quantitative estimate of drug-likeness (QED) is 0.200. The van der Waals surface area contributed by atoms with Crippen LogP contribution in [0.3, 0.4) is 0 Å². The lowest BCUT2D eigenvalue weighted by molar-refractivity contribution is -0.117. The van der Waals surface area contributed by atoms with E-state index in [0.29, 0.717) is 16.3 Å². The molecule has 5 rings (SSSR count). The van der Waals surface area contributed by atoms with Gasteiger partial charge in [-0.25, -0.2) is 4.68 Å². The molecule has 0 atom stereocenters. The average molecular weight is 567 g/mol. The van der Waals surface area contributed by atoms with Crippen LogP contribution in [0.4, 0.5) is 0 Å². The molecule has 5 aromatic rings. The fraction of sp³-hybridized carbons (Fsp3) is 0.0312.